The van der Waals surface area contributed by atoms with Crippen molar-refractivity contribution in [1.82, 2.24) is 20.1 Å². The van der Waals surface area contributed by atoms with E-state index in [-0.39, 0.29) is 17.4 Å². The molecule has 7 heteroatoms. The number of aromatic nitrogens is 3. The van der Waals surface area contributed by atoms with Crippen molar-refractivity contribution >= 4 is 11.6 Å². The zero-order chi connectivity index (χ0) is 20.8. The molecule has 3 aromatic rings. The monoisotopic (exact) mass is 403 g/mol. The topological polar surface area (TPSA) is 80.1 Å². The normalized spacial score (nSPS) is 14.5. The van der Waals surface area contributed by atoms with Crippen molar-refractivity contribution in [3.63, 3.8) is 0 Å². The molecule has 2 aromatic heterocycles. The molecule has 0 saturated carbocycles. The van der Waals surface area contributed by atoms with Crippen LogP contribution < -0.4 is 15.8 Å². The highest BCUT2D eigenvalue weighted by atomic mass is 16.2. The molecule has 30 heavy (non-hydrogen) atoms. The number of pyridine rings is 1. The molecular weight excluding hydrogens is 378 g/mol. The lowest BCUT2D eigenvalue weighted by Crippen LogP contribution is -2.41. The van der Waals surface area contributed by atoms with E-state index in [1.54, 1.807) is 18.5 Å². The summed E-state index contributed by atoms with van der Waals surface area (Å²) in [6, 6.07) is 17.1. The van der Waals surface area contributed by atoms with E-state index in [2.05, 4.69) is 20.3 Å². The van der Waals surface area contributed by atoms with E-state index < -0.39 is 0 Å². The van der Waals surface area contributed by atoms with Crippen molar-refractivity contribution in [2.75, 3.05) is 18.0 Å². The molecule has 1 aromatic carbocycles. The molecule has 0 unspecified atom stereocenters. The molecule has 1 N–H and O–H groups in total. The van der Waals surface area contributed by atoms with Crippen molar-refractivity contribution in [2.24, 2.45) is 5.92 Å². The summed E-state index contributed by atoms with van der Waals surface area (Å²) in [5.41, 5.74) is 2.59. The summed E-state index contributed by atoms with van der Waals surface area (Å²) < 4.78 is 1.47. The highest BCUT2D eigenvalue weighted by Crippen LogP contribution is 2.22. The average Bonchev–Trinajstić information content (AvgIpc) is 2.80. The van der Waals surface area contributed by atoms with Gasteiger partial charge in [-0.15, -0.1) is 0 Å². The Morgan fingerprint density at radius 1 is 1.07 bits per heavy atom. The molecule has 4 rings (SSSR count). The number of piperidine rings is 1. The number of hydrogen-bond donors (Lipinski definition) is 1. The summed E-state index contributed by atoms with van der Waals surface area (Å²) in [4.78, 5) is 31.3. The van der Waals surface area contributed by atoms with E-state index in [0.717, 1.165) is 42.9 Å². The van der Waals surface area contributed by atoms with Gasteiger partial charge in [-0.25, -0.2) is 4.68 Å². The lowest BCUT2D eigenvalue weighted by Gasteiger charge is -2.32. The molecule has 3 heterocycles. The summed E-state index contributed by atoms with van der Waals surface area (Å²) in [5, 5.41) is 7.32. The highest BCUT2D eigenvalue weighted by molar-refractivity contribution is 5.78. The number of carbonyl (C=O) groups is 1. The first-order chi connectivity index (χ1) is 14.7. The van der Waals surface area contributed by atoms with E-state index >= 15 is 0 Å². The van der Waals surface area contributed by atoms with Crippen molar-refractivity contribution in [1.29, 1.82) is 0 Å². The van der Waals surface area contributed by atoms with Crippen molar-refractivity contribution in [3.8, 4) is 0 Å². The minimum atomic E-state index is -0.119. The minimum Gasteiger partial charge on any atom is -0.370 e. The molecule has 1 saturated heterocycles. The maximum atomic E-state index is 12.5. The van der Waals surface area contributed by atoms with E-state index in [4.69, 9.17) is 0 Å². The first-order valence-corrected chi connectivity index (χ1v) is 10.2. The van der Waals surface area contributed by atoms with Crippen molar-refractivity contribution in [2.45, 2.75) is 25.9 Å². The van der Waals surface area contributed by atoms with Crippen LogP contribution in [0, 0.1) is 5.92 Å². The Bertz CT molecular complexity index is 1030. The van der Waals surface area contributed by atoms with Gasteiger partial charge in [0, 0.05) is 31.3 Å². The summed E-state index contributed by atoms with van der Waals surface area (Å²) in [5.74, 6) is 0.0491. The quantitative estimate of drug-likeness (QED) is 0.683. The predicted octanol–water partition coefficient (Wildman–Crippen LogP) is 2.22. The number of nitrogens with zero attached hydrogens (tertiary/aromatic N) is 4. The second-order valence-electron chi connectivity index (χ2n) is 7.50. The van der Waals surface area contributed by atoms with Crippen LogP contribution >= 0.6 is 0 Å². The molecule has 1 fully saturated rings. The Hall–Kier alpha value is -3.48. The summed E-state index contributed by atoms with van der Waals surface area (Å²) >= 11 is 0. The molecule has 0 atom stereocenters. The van der Waals surface area contributed by atoms with Crippen LogP contribution in [0.2, 0.25) is 0 Å². The molecule has 0 aliphatic carbocycles. The Kier molecular flexibility index (Phi) is 6.17. The zero-order valence-electron chi connectivity index (χ0n) is 16.8. The van der Waals surface area contributed by atoms with Gasteiger partial charge in [0.2, 0.25) is 5.91 Å². The predicted molar refractivity (Wildman–Crippen MR) is 115 cm³/mol. The van der Waals surface area contributed by atoms with Crippen LogP contribution in [0.4, 0.5) is 5.69 Å². The smallest absolute Gasteiger partial charge is 0.269 e. The molecule has 0 radical (unpaired) electrons. The SMILES string of the molecule is O=C(NCc1ccccn1)C1CCN(c2cnn(Cc3ccccc3)c(=O)c2)CC1. The van der Waals surface area contributed by atoms with Crippen molar-refractivity contribution in [3.05, 3.63) is 88.6 Å². The number of carbonyl (C=O) groups excluding carboxylic acids is 1. The number of nitrogens with one attached hydrogen (secondary N) is 1. The molecule has 154 valence electrons. The van der Waals surface area contributed by atoms with E-state index in [1.807, 2.05) is 48.5 Å². The maximum Gasteiger partial charge on any atom is 0.269 e. The van der Waals surface area contributed by atoms with E-state index in [9.17, 15) is 9.59 Å². The largest absolute Gasteiger partial charge is 0.370 e. The van der Waals surface area contributed by atoms with Gasteiger partial charge in [-0.2, -0.15) is 5.10 Å². The number of rotatable bonds is 6. The van der Waals surface area contributed by atoms with E-state index in [0.29, 0.717) is 13.1 Å². The first kappa shape index (κ1) is 19.8. The van der Waals surface area contributed by atoms with Crippen LogP contribution in [-0.4, -0.2) is 33.8 Å². The fourth-order valence-electron chi connectivity index (χ4n) is 3.70. The zero-order valence-corrected chi connectivity index (χ0v) is 16.8. The lowest BCUT2D eigenvalue weighted by molar-refractivity contribution is -0.125. The molecule has 0 spiro atoms. The van der Waals surface area contributed by atoms with E-state index in [1.165, 1.54) is 4.68 Å². The molecule has 1 aliphatic heterocycles. The molecule has 7 nitrogen and oxygen atoms in total. The first-order valence-electron chi connectivity index (χ1n) is 10.2. The minimum absolute atomic E-state index is 0.0172. The summed E-state index contributed by atoms with van der Waals surface area (Å²) in [6.45, 7) is 2.36. The average molecular weight is 403 g/mol. The molecular formula is C23H25N5O2. The Morgan fingerprint density at radius 2 is 1.83 bits per heavy atom. The second kappa shape index (κ2) is 9.35. The van der Waals surface area contributed by atoms with Gasteiger partial charge in [-0.1, -0.05) is 36.4 Å². The van der Waals surface area contributed by atoms with Crippen LogP contribution in [0.3, 0.4) is 0 Å². The summed E-state index contributed by atoms with van der Waals surface area (Å²) in [7, 11) is 0. The van der Waals surface area contributed by atoms with Gasteiger partial charge in [0.25, 0.3) is 5.56 Å². The number of anilines is 1. The fraction of sp³-hybridized carbons (Fsp3) is 0.304. The third-order valence-corrected chi connectivity index (χ3v) is 5.43. The van der Waals surface area contributed by atoms with Crippen LogP contribution in [0.15, 0.2) is 71.8 Å². The molecule has 1 aliphatic rings. The van der Waals surface area contributed by atoms with Gasteiger partial charge in [-0.05, 0) is 30.5 Å². The van der Waals surface area contributed by atoms with Crippen LogP contribution in [0.25, 0.3) is 0 Å². The Morgan fingerprint density at radius 3 is 2.53 bits per heavy atom. The number of amides is 1. The Balaban J connectivity index is 1.31. The molecule has 1 amide bonds. The number of benzene rings is 1. The van der Waals surface area contributed by atoms with Gasteiger partial charge in [0.05, 0.1) is 30.7 Å². The van der Waals surface area contributed by atoms with Gasteiger partial charge in [0.15, 0.2) is 0 Å². The fourth-order valence-corrected chi connectivity index (χ4v) is 3.70. The summed E-state index contributed by atoms with van der Waals surface area (Å²) in [6.07, 6.45) is 4.97. The van der Waals surface area contributed by atoms with Gasteiger partial charge in [0.1, 0.15) is 0 Å². The van der Waals surface area contributed by atoms with Crippen LogP contribution in [0.1, 0.15) is 24.1 Å². The van der Waals surface area contributed by atoms with Gasteiger partial charge >= 0.3 is 0 Å². The third-order valence-electron chi connectivity index (χ3n) is 5.43. The maximum absolute atomic E-state index is 12.5. The molecule has 0 bridgehead atoms. The Labute approximate surface area is 175 Å². The highest BCUT2D eigenvalue weighted by Gasteiger charge is 2.25. The van der Waals surface area contributed by atoms with Crippen molar-refractivity contribution < 1.29 is 4.79 Å². The number of hydrogen-bond acceptors (Lipinski definition) is 5. The lowest BCUT2D eigenvalue weighted by atomic mass is 9.95. The van der Waals surface area contributed by atoms with Gasteiger partial charge in [-0.3, -0.25) is 14.6 Å². The third kappa shape index (κ3) is 4.92. The van der Waals surface area contributed by atoms with Crippen LogP contribution in [-0.2, 0) is 17.9 Å². The second-order valence-corrected chi connectivity index (χ2v) is 7.50. The standard InChI is InChI=1S/C23H25N5O2/c29-22-14-21(16-26-28(22)17-18-6-2-1-3-7-18)27-12-9-19(10-13-27)23(30)25-15-20-8-4-5-11-24-20/h1-8,11,14,16,19H,9-10,12-13,15,17H2,(H,25,30). The van der Waals surface area contributed by atoms with Gasteiger partial charge < -0.3 is 10.2 Å². The van der Waals surface area contributed by atoms with Crippen LogP contribution in [0.5, 0.6) is 0 Å².